The Morgan fingerprint density at radius 3 is 2.32 bits per heavy atom. The number of aromatic nitrogens is 1. The van der Waals surface area contributed by atoms with Crippen molar-refractivity contribution in [3.8, 4) is 0 Å². The van der Waals surface area contributed by atoms with Gasteiger partial charge in [0.15, 0.2) is 0 Å². The predicted octanol–water partition coefficient (Wildman–Crippen LogP) is 2.07. The molecule has 1 unspecified atom stereocenters. The molecule has 1 amide bonds. The fourth-order valence-corrected chi connectivity index (χ4v) is 1.97. The molecule has 122 valence electrons. The first-order valence-electron chi connectivity index (χ1n) is 7.26. The number of ether oxygens (including phenoxy) is 1. The first-order valence-corrected chi connectivity index (χ1v) is 7.26. The molecule has 6 heteroatoms. The summed E-state index contributed by atoms with van der Waals surface area (Å²) in [5, 5.41) is 2.72. The summed E-state index contributed by atoms with van der Waals surface area (Å²) in [7, 11) is 0. The minimum atomic E-state index is -0.737. The van der Waals surface area contributed by atoms with Gasteiger partial charge in [-0.05, 0) is 39.2 Å². The van der Waals surface area contributed by atoms with Crippen LogP contribution in [0.1, 0.15) is 50.5 Å². The summed E-state index contributed by atoms with van der Waals surface area (Å²) >= 11 is 0. The van der Waals surface area contributed by atoms with Gasteiger partial charge in [-0.3, -0.25) is 9.78 Å². The standard InChI is InChI=1S/C16H25N3O3/c1-9(2)13(15(21)22-16(4,5)6)19-14(20)12-10(3)7-18-8-11(12)17/h7-9,13H,17H2,1-6H3,(H,19,20). The maximum Gasteiger partial charge on any atom is 0.329 e. The quantitative estimate of drug-likeness (QED) is 0.830. The summed E-state index contributed by atoms with van der Waals surface area (Å²) in [6, 6.07) is -0.737. The molecule has 0 aliphatic rings. The van der Waals surface area contributed by atoms with E-state index in [2.05, 4.69) is 10.3 Å². The van der Waals surface area contributed by atoms with Crippen molar-refractivity contribution in [1.82, 2.24) is 10.3 Å². The molecule has 0 aromatic carbocycles. The number of nitrogens with zero attached hydrogens (tertiary/aromatic N) is 1. The van der Waals surface area contributed by atoms with E-state index in [-0.39, 0.29) is 11.6 Å². The van der Waals surface area contributed by atoms with Crippen molar-refractivity contribution in [1.29, 1.82) is 0 Å². The van der Waals surface area contributed by atoms with Crippen LogP contribution >= 0.6 is 0 Å². The topological polar surface area (TPSA) is 94.3 Å². The van der Waals surface area contributed by atoms with Crippen molar-refractivity contribution in [2.75, 3.05) is 5.73 Å². The Labute approximate surface area is 131 Å². The van der Waals surface area contributed by atoms with Crippen LogP contribution in [0.5, 0.6) is 0 Å². The summed E-state index contributed by atoms with van der Waals surface area (Å²) < 4.78 is 5.36. The normalized spacial score (nSPS) is 12.9. The Hall–Kier alpha value is -2.11. The highest BCUT2D eigenvalue weighted by Crippen LogP contribution is 2.17. The largest absolute Gasteiger partial charge is 0.458 e. The van der Waals surface area contributed by atoms with Gasteiger partial charge >= 0.3 is 5.97 Å². The Kier molecular flexibility index (Phi) is 5.52. The molecule has 1 aromatic rings. The number of nitrogens with one attached hydrogen (secondary N) is 1. The van der Waals surface area contributed by atoms with Gasteiger partial charge in [0.25, 0.3) is 5.91 Å². The molecule has 0 bridgehead atoms. The fraction of sp³-hybridized carbons (Fsp3) is 0.562. The zero-order valence-electron chi connectivity index (χ0n) is 14.1. The number of nitrogens with two attached hydrogens (primary N) is 1. The van der Waals surface area contributed by atoms with E-state index >= 15 is 0 Å². The van der Waals surface area contributed by atoms with Crippen molar-refractivity contribution >= 4 is 17.6 Å². The van der Waals surface area contributed by atoms with Crippen molar-refractivity contribution in [2.24, 2.45) is 5.92 Å². The zero-order valence-corrected chi connectivity index (χ0v) is 14.1. The Balaban J connectivity index is 2.97. The Morgan fingerprint density at radius 1 is 1.27 bits per heavy atom. The maximum absolute atomic E-state index is 12.4. The van der Waals surface area contributed by atoms with Crippen molar-refractivity contribution < 1.29 is 14.3 Å². The van der Waals surface area contributed by atoms with E-state index in [1.165, 1.54) is 6.20 Å². The van der Waals surface area contributed by atoms with Gasteiger partial charge in [0.1, 0.15) is 11.6 Å². The first kappa shape index (κ1) is 17.9. The van der Waals surface area contributed by atoms with E-state index in [4.69, 9.17) is 10.5 Å². The molecule has 1 atom stereocenters. The number of aryl methyl sites for hydroxylation is 1. The Bertz CT molecular complexity index is 542. The lowest BCUT2D eigenvalue weighted by Gasteiger charge is -2.26. The monoisotopic (exact) mass is 307 g/mol. The van der Waals surface area contributed by atoms with E-state index in [0.29, 0.717) is 11.1 Å². The number of rotatable bonds is 4. The minimum Gasteiger partial charge on any atom is -0.458 e. The zero-order chi connectivity index (χ0) is 17.1. The van der Waals surface area contributed by atoms with Crippen LogP contribution in [0.3, 0.4) is 0 Å². The third-order valence-corrected chi connectivity index (χ3v) is 3.01. The van der Waals surface area contributed by atoms with Crippen LogP contribution in [0.4, 0.5) is 5.69 Å². The highest BCUT2D eigenvalue weighted by atomic mass is 16.6. The number of hydrogen-bond acceptors (Lipinski definition) is 5. The van der Waals surface area contributed by atoms with E-state index < -0.39 is 23.5 Å². The molecule has 0 fully saturated rings. The van der Waals surface area contributed by atoms with Crippen LogP contribution in [0.15, 0.2) is 12.4 Å². The van der Waals surface area contributed by atoms with Gasteiger partial charge in [-0.15, -0.1) is 0 Å². The number of carbonyl (C=O) groups excluding carboxylic acids is 2. The first-order chi connectivity index (χ1) is 10.0. The number of amides is 1. The molecular formula is C16H25N3O3. The van der Waals surface area contributed by atoms with Crippen molar-refractivity contribution in [3.63, 3.8) is 0 Å². The van der Waals surface area contributed by atoms with E-state index in [1.807, 2.05) is 13.8 Å². The number of pyridine rings is 1. The average molecular weight is 307 g/mol. The predicted molar refractivity (Wildman–Crippen MR) is 85.3 cm³/mol. The maximum atomic E-state index is 12.4. The van der Waals surface area contributed by atoms with Crippen molar-refractivity contribution in [2.45, 2.75) is 53.2 Å². The molecule has 6 nitrogen and oxygen atoms in total. The molecule has 0 radical (unpaired) electrons. The molecule has 0 spiro atoms. The molecule has 1 rings (SSSR count). The second kappa shape index (κ2) is 6.77. The second-order valence-electron chi connectivity index (χ2n) is 6.65. The van der Waals surface area contributed by atoms with Gasteiger partial charge < -0.3 is 15.8 Å². The number of esters is 1. The lowest BCUT2D eigenvalue weighted by atomic mass is 10.0. The molecule has 0 saturated heterocycles. The summed E-state index contributed by atoms with van der Waals surface area (Å²) in [6.07, 6.45) is 2.98. The summed E-state index contributed by atoms with van der Waals surface area (Å²) in [6.45, 7) is 10.8. The van der Waals surface area contributed by atoms with Crippen LogP contribution in [0.25, 0.3) is 0 Å². The molecule has 1 heterocycles. The van der Waals surface area contributed by atoms with Crippen LogP contribution in [0.2, 0.25) is 0 Å². The van der Waals surface area contributed by atoms with Gasteiger partial charge in [0, 0.05) is 6.20 Å². The molecular weight excluding hydrogens is 282 g/mol. The smallest absolute Gasteiger partial charge is 0.329 e. The van der Waals surface area contributed by atoms with Gasteiger partial charge in [-0.1, -0.05) is 13.8 Å². The number of carbonyl (C=O) groups is 2. The third-order valence-electron chi connectivity index (χ3n) is 3.01. The highest BCUT2D eigenvalue weighted by molar-refractivity contribution is 6.02. The lowest BCUT2D eigenvalue weighted by molar-refractivity contribution is -0.158. The van der Waals surface area contributed by atoms with Gasteiger partial charge in [-0.2, -0.15) is 0 Å². The summed E-state index contributed by atoms with van der Waals surface area (Å²) in [5.41, 5.74) is 6.48. The number of nitrogen functional groups attached to an aromatic ring is 1. The van der Waals surface area contributed by atoms with Crippen LogP contribution in [-0.2, 0) is 9.53 Å². The molecule has 22 heavy (non-hydrogen) atoms. The Morgan fingerprint density at radius 2 is 1.86 bits per heavy atom. The summed E-state index contributed by atoms with van der Waals surface area (Å²) in [5.74, 6) is -0.967. The van der Waals surface area contributed by atoms with Crippen LogP contribution < -0.4 is 11.1 Å². The third kappa shape index (κ3) is 4.72. The number of anilines is 1. The van der Waals surface area contributed by atoms with E-state index in [9.17, 15) is 9.59 Å². The average Bonchev–Trinajstić information content (AvgIpc) is 2.33. The molecule has 0 saturated carbocycles. The molecule has 1 aromatic heterocycles. The summed E-state index contributed by atoms with van der Waals surface area (Å²) in [4.78, 5) is 28.6. The SMILES string of the molecule is Cc1cncc(N)c1C(=O)NC(C(=O)OC(C)(C)C)C(C)C. The fourth-order valence-electron chi connectivity index (χ4n) is 1.97. The molecule has 0 aliphatic carbocycles. The van der Waals surface area contributed by atoms with Gasteiger partial charge in [0.05, 0.1) is 17.4 Å². The lowest BCUT2D eigenvalue weighted by Crippen LogP contribution is -2.47. The van der Waals surface area contributed by atoms with E-state index in [0.717, 1.165) is 0 Å². The highest BCUT2D eigenvalue weighted by Gasteiger charge is 2.30. The molecule has 3 N–H and O–H groups in total. The van der Waals surface area contributed by atoms with Crippen LogP contribution in [0, 0.1) is 12.8 Å². The molecule has 0 aliphatic heterocycles. The minimum absolute atomic E-state index is 0.109. The van der Waals surface area contributed by atoms with E-state index in [1.54, 1.807) is 33.9 Å². The number of hydrogen-bond donors (Lipinski definition) is 2. The van der Waals surface area contributed by atoms with Gasteiger partial charge in [0.2, 0.25) is 0 Å². The van der Waals surface area contributed by atoms with Crippen molar-refractivity contribution in [3.05, 3.63) is 23.5 Å². The van der Waals surface area contributed by atoms with Gasteiger partial charge in [-0.25, -0.2) is 4.79 Å². The second-order valence-corrected chi connectivity index (χ2v) is 6.65. The van der Waals surface area contributed by atoms with Crippen LogP contribution in [-0.4, -0.2) is 28.5 Å².